The van der Waals surface area contributed by atoms with E-state index in [9.17, 15) is 8.42 Å². The topological polar surface area (TPSA) is 70.4 Å². The lowest BCUT2D eigenvalue weighted by Crippen LogP contribution is -2.45. The molecule has 1 aliphatic rings. The van der Waals surface area contributed by atoms with Crippen LogP contribution in [0.25, 0.3) is 0 Å². The predicted octanol–water partition coefficient (Wildman–Crippen LogP) is 0.908. The van der Waals surface area contributed by atoms with E-state index in [1.165, 1.54) is 4.31 Å². The summed E-state index contributed by atoms with van der Waals surface area (Å²) in [6.45, 7) is 2.39. The van der Waals surface area contributed by atoms with Crippen molar-refractivity contribution in [2.75, 3.05) is 19.7 Å². The number of sulfonamides is 1. The van der Waals surface area contributed by atoms with E-state index in [4.69, 9.17) is 10.00 Å². The van der Waals surface area contributed by atoms with Crippen LogP contribution in [0.2, 0.25) is 0 Å². The molecule has 96 valence electrons. The van der Waals surface area contributed by atoms with Crippen LogP contribution in [-0.2, 0) is 14.8 Å². The van der Waals surface area contributed by atoms with E-state index in [0.29, 0.717) is 10.5 Å². The fraction of sp³-hybridized carbons (Fsp3) is 0.417. The number of ether oxygens (including phenoxy) is 1. The molecule has 1 fully saturated rings. The van der Waals surface area contributed by atoms with Gasteiger partial charge in [-0.1, -0.05) is 18.2 Å². The van der Waals surface area contributed by atoms with Crippen molar-refractivity contribution < 1.29 is 13.2 Å². The van der Waals surface area contributed by atoms with E-state index >= 15 is 0 Å². The zero-order chi connectivity index (χ0) is 13.2. The molecule has 1 saturated heterocycles. The van der Waals surface area contributed by atoms with Crippen LogP contribution in [0.5, 0.6) is 0 Å². The average Bonchev–Trinajstić information content (AvgIpc) is 2.39. The Kier molecular flexibility index (Phi) is 3.66. The van der Waals surface area contributed by atoms with Crippen LogP contribution >= 0.6 is 0 Å². The zero-order valence-electron chi connectivity index (χ0n) is 10.0. The van der Waals surface area contributed by atoms with Crippen LogP contribution in [0, 0.1) is 18.3 Å². The van der Waals surface area contributed by atoms with Gasteiger partial charge in [-0.3, -0.25) is 0 Å². The summed E-state index contributed by atoms with van der Waals surface area (Å²) in [5.41, 5.74) is 0.706. The summed E-state index contributed by atoms with van der Waals surface area (Å²) in [6.07, 6.45) is -0.683. The molecule has 0 N–H and O–H groups in total. The summed E-state index contributed by atoms with van der Waals surface area (Å²) in [6, 6.07) is 8.78. The lowest BCUT2D eigenvalue weighted by molar-refractivity contribution is 0.0311. The molecule has 0 radical (unpaired) electrons. The fourth-order valence-electron chi connectivity index (χ4n) is 1.91. The van der Waals surface area contributed by atoms with Crippen molar-refractivity contribution in [1.82, 2.24) is 4.31 Å². The monoisotopic (exact) mass is 266 g/mol. The number of nitrogens with zero attached hydrogens (tertiary/aromatic N) is 2. The van der Waals surface area contributed by atoms with Crippen molar-refractivity contribution in [2.45, 2.75) is 17.9 Å². The molecule has 2 rings (SSSR count). The number of benzene rings is 1. The van der Waals surface area contributed by atoms with Gasteiger partial charge in [-0.25, -0.2) is 8.42 Å². The van der Waals surface area contributed by atoms with E-state index in [1.54, 1.807) is 31.2 Å². The fourth-order valence-corrected chi connectivity index (χ4v) is 3.56. The molecular weight excluding hydrogens is 252 g/mol. The summed E-state index contributed by atoms with van der Waals surface area (Å²) in [4.78, 5) is 0.295. The highest BCUT2D eigenvalue weighted by Crippen LogP contribution is 2.21. The molecule has 6 heteroatoms. The molecule has 1 unspecified atom stereocenters. The first kappa shape index (κ1) is 13.0. The summed E-state index contributed by atoms with van der Waals surface area (Å²) in [5.74, 6) is 0. The molecule has 1 heterocycles. The van der Waals surface area contributed by atoms with Crippen LogP contribution in [0.4, 0.5) is 0 Å². The van der Waals surface area contributed by atoms with Gasteiger partial charge in [-0.2, -0.15) is 9.57 Å². The molecule has 5 nitrogen and oxygen atoms in total. The van der Waals surface area contributed by atoms with Crippen LogP contribution < -0.4 is 0 Å². The standard InChI is InChI=1S/C12H14N2O3S/c1-10-4-2-3-5-12(10)18(15,16)14-6-7-17-11(8-13)9-14/h2-5,11H,6-7,9H2,1H3. The molecule has 1 aromatic rings. The zero-order valence-corrected chi connectivity index (χ0v) is 10.9. The third-order valence-electron chi connectivity index (χ3n) is 2.88. The summed E-state index contributed by atoms with van der Waals surface area (Å²) in [7, 11) is -3.53. The van der Waals surface area contributed by atoms with E-state index in [0.717, 1.165) is 0 Å². The van der Waals surface area contributed by atoms with E-state index in [1.807, 2.05) is 6.07 Å². The molecule has 1 aliphatic heterocycles. The second-order valence-corrected chi connectivity index (χ2v) is 6.02. The van der Waals surface area contributed by atoms with Gasteiger partial charge in [0.2, 0.25) is 10.0 Å². The minimum Gasteiger partial charge on any atom is -0.361 e. The molecule has 0 saturated carbocycles. The number of aryl methyl sites for hydroxylation is 1. The molecule has 0 spiro atoms. The molecule has 0 aliphatic carbocycles. The number of rotatable bonds is 2. The van der Waals surface area contributed by atoms with Crippen LogP contribution in [-0.4, -0.2) is 38.5 Å². The molecular formula is C12H14N2O3S. The maximum atomic E-state index is 12.4. The van der Waals surface area contributed by atoms with Crippen molar-refractivity contribution >= 4 is 10.0 Å². The van der Waals surface area contributed by atoms with Crippen LogP contribution in [0.3, 0.4) is 0 Å². The van der Waals surface area contributed by atoms with Gasteiger partial charge >= 0.3 is 0 Å². The quantitative estimate of drug-likeness (QED) is 0.797. The Morgan fingerprint density at radius 1 is 1.44 bits per heavy atom. The van der Waals surface area contributed by atoms with Gasteiger partial charge in [0.25, 0.3) is 0 Å². The molecule has 1 aromatic carbocycles. The lowest BCUT2D eigenvalue weighted by atomic mass is 10.2. The maximum Gasteiger partial charge on any atom is 0.243 e. The SMILES string of the molecule is Cc1ccccc1S(=O)(=O)N1CCOC(C#N)C1. The summed E-state index contributed by atoms with van der Waals surface area (Å²) < 4.78 is 31.3. The third kappa shape index (κ3) is 2.38. The lowest BCUT2D eigenvalue weighted by Gasteiger charge is -2.29. The Morgan fingerprint density at radius 3 is 2.83 bits per heavy atom. The number of nitriles is 1. The highest BCUT2D eigenvalue weighted by molar-refractivity contribution is 7.89. The van der Waals surface area contributed by atoms with Crippen LogP contribution in [0.15, 0.2) is 29.2 Å². The van der Waals surface area contributed by atoms with Gasteiger partial charge in [0.05, 0.1) is 24.1 Å². The predicted molar refractivity (Wildman–Crippen MR) is 65.3 cm³/mol. The minimum atomic E-state index is -3.53. The Morgan fingerprint density at radius 2 is 2.17 bits per heavy atom. The van der Waals surface area contributed by atoms with E-state index in [2.05, 4.69) is 0 Å². The van der Waals surface area contributed by atoms with Crippen molar-refractivity contribution in [3.05, 3.63) is 29.8 Å². The first-order valence-corrected chi connectivity index (χ1v) is 7.06. The Balaban J connectivity index is 2.32. The third-order valence-corrected chi connectivity index (χ3v) is 4.91. The molecule has 1 atom stereocenters. The molecule has 0 aromatic heterocycles. The number of hydrogen-bond acceptors (Lipinski definition) is 4. The van der Waals surface area contributed by atoms with Gasteiger partial charge in [-0.05, 0) is 18.6 Å². The van der Waals surface area contributed by atoms with Gasteiger partial charge < -0.3 is 4.74 Å². The average molecular weight is 266 g/mol. The second-order valence-electron chi connectivity index (χ2n) is 4.12. The largest absolute Gasteiger partial charge is 0.361 e. The first-order valence-electron chi connectivity index (χ1n) is 5.62. The Labute approximate surface area is 107 Å². The first-order chi connectivity index (χ1) is 8.55. The maximum absolute atomic E-state index is 12.4. The molecule has 0 bridgehead atoms. The normalized spacial score (nSPS) is 21.4. The van der Waals surface area contributed by atoms with Crippen molar-refractivity contribution in [2.24, 2.45) is 0 Å². The van der Waals surface area contributed by atoms with Crippen molar-refractivity contribution in [1.29, 1.82) is 5.26 Å². The van der Waals surface area contributed by atoms with Crippen LogP contribution in [0.1, 0.15) is 5.56 Å². The molecule has 0 amide bonds. The van der Waals surface area contributed by atoms with E-state index in [-0.39, 0.29) is 19.7 Å². The summed E-state index contributed by atoms with van der Waals surface area (Å²) in [5, 5.41) is 8.80. The van der Waals surface area contributed by atoms with E-state index < -0.39 is 16.1 Å². The molecule has 18 heavy (non-hydrogen) atoms. The highest BCUT2D eigenvalue weighted by atomic mass is 32.2. The minimum absolute atomic E-state index is 0.0904. The van der Waals surface area contributed by atoms with Crippen molar-refractivity contribution in [3.63, 3.8) is 0 Å². The van der Waals surface area contributed by atoms with Gasteiger partial charge in [0.1, 0.15) is 0 Å². The number of morpholine rings is 1. The van der Waals surface area contributed by atoms with Gasteiger partial charge in [-0.15, -0.1) is 0 Å². The van der Waals surface area contributed by atoms with Gasteiger partial charge in [0.15, 0.2) is 6.10 Å². The second kappa shape index (κ2) is 5.06. The highest BCUT2D eigenvalue weighted by Gasteiger charge is 2.31. The number of hydrogen-bond donors (Lipinski definition) is 0. The van der Waals surface area contributed by atoms with Gasteiger partial charge in [0, 0.05) is 6.54 Å². The Bertz CT molecular complexity index is 577. The summed E-state index contributed by atoms with van der Waals surface area (Å²) >= 11 is 0. The van der Waals surface area contributed by atoms with Crippen molar-refractivity contribution in [3.8, 4) is 6.07 Å². The smallest absolute Gasteiger partial charge is 0.243 e. The Hall–Kier alpha value is -1.42.